The topological polar surface area (TPSA) is 52.6 Å². The van der Waals surface area contributed by atoms with E-state index in [9.17, 15) is 9.59 Å². The van der Waals surface area contributed by atoms with Crippen molar-refractivity contribution in [3.05, 3.63) is 94.0 Å². The minimum absolute atomic E-state index is 0.0842. The number of halogens is 1. The maximum Gasteiger partial charge on any atom is 0.347 e. The summed E-state index contributed by atoms with van der Waals surface area (Å²) >= 11 is 3.35. The van der Waals surface area contributed by atoms with Crippen LogP contribution in [-0.2, 0) is 0 Å². The zero-order chi connectivity index (χ0) is 19.2. The minimum Gasteiger partial charge on any atom is -0.493 e. The Hall–Kier alpha value is -2.92. The third-order valence-electron chi connectivity index (χ3n) is 3.82. The van der Waals surface area contributed by atoms with Crippen molar-refractivity contribution in [3.8, 4) is 11.5 Å². The molecule has 4 nitrogen and oxygen atoms in total. The van der Waals surface area contributed by atoms with Gasteiger partial charge in [0.2, 0.25) is 0 Å². The Morgan fingerprint density at radius 3 is 2.22 bits per heavy atom. The molecule has 0 heterocycles. The lowest BCUT2D eigenvalue weighted by molar-refractivity contribution is 0.0730. The molecule has 0 unspecified atom stereocenters. The van der Waals surface area contributed by atoms with Crippen molar-refractivity contribution in [1.29, 1.82) is 0 Å². The average Bonchev–Trinajstić information content (AvgIpc) is 2.70. The van der Waals surface area contributed by atoms with Gasteiger partial charge in [0.1, 0.15) is 17.1 Å². The van der Waals surface area contributed by atoms with E-state index in [4.69, 9.17) is 9.47 Å². The fraction of sp³-hybridized carbons (Fsp3) is 0.0909. The second kappa shape index (κ2) is 8.64. The number of carbonyl (C=O) groups excluding carboxylic acids is 2. The number of carbonyl (C=O) groups is 2. The monoisotopic (exact) mass is 424 g/mol. The number of benzene rings is 3. The first-order valence-corrected chi connectivity index (χ1v) is 9.22. The van der Waals surface area contributed by atoms with Gasteiger partial charge in [-0.1, -0.05) is 46.3 Å². The molecule has 0 aliphatic rings. The summed E-state index contributed by atoms with van der Waals surface area (Å²) < 4.78 is 11.7. The van der Waals surface area contributed by atoms with E-state index in [-0.39, 0.29) is 5.78 Å². The molecule has 0 N–H and O–H groups in total. The smallest absolute Gasteiger partial charge is 0.347 e. The second-order valence-corrected chi connectivity index (χ2v) is 6.60. The summed E-state index contributed by atoms with van der Waals surface area (Å²) in [7, 11) is 0. The van der Waals surface area contributed by atoms with Crippen molar-refractivity contribution < 1.29 is 19.1 Å². The number of hydrogen-bond donors (Lipinski definition) is 0. The Kier molecular flexibility index (Phi) is 6.04. The minimum atomic E-state index is -0.526. The molecule has 0 amide bonds. The lowest BCUT2D eigenvalue weighted by Crippen LogP contribution is -2.11. The summed E-state index contributed by atoms with van der Waals surface area (Å²) in [6.07, 6.45) is 0. The Labute approximate surface area is 165 Å². The zero-order valence-corrected chi connectivity index (χ0v) is 16.2. The van der Waals surface area contributed by atoms with Crippen molar-refractivity contribution in [2.24, 2.45) is 0 Å². The van der Waals surface area contributed by atoms with Crippen LogP contribution in [-0.4, -0.2) is 18.4 Å². The van der Waals surface area contributed by atoms with Gasteiger partial charge in [-0.05, 0) is 49.4 Å². The van der Waals surface area contributed by atoms with Crippen molar-refractivity contribution in [3.63, 3.8) is 0 Å². The van der Waals surface area contributed by atoms with Gasteiger partial charge in [-0.3, -0.25) is 4.79 Å². The van der Waals surface area contributed by atoms with Gasteiger partial charge in [0.15, 0.2) is 5.78 Å². The first-order valence-electron chi connectivity index (χ1n) is 8.43. The summed E-state index contributed by atoms with van der Waals surface area (Å²) in [4.78, 5) is 24.9. The maximum absolute atomic E-state index is 12.5. The highest BCUT2D eigenvalue weighted by Crippen LogP contribution is 2.25. The third-order valence-corrected chi connectivity index (χ3v) is 4.32. The fourth-order valence-electron chi connectivity index (χ4n) is 2.54. The maximum atomic E-state index is 12.5. The van der Waals surface area contributed by atoms with Crippen molar-refractivity contribution in [2.75, 3.05) is 6.61 Å². The number of ether oxygens (including phenoxy) is 2. The van der Waals surface area contributed by atoms with Crippen molar-refractivity contribution in [1.82, 2.24) is 0 Å². The Morgan fingerprint density at radius 1 is 0.889 bits per heavy atom. The van der Waals surface area contributed by atoms with Crippen LogP contribution in [0.15, 0.2) is 77.3 Å². The highest BCUT2D eigenvalue weighted by molar-refractivity contribution is 9.10. The van der Waals surface area contributed by atoms with Crippen LogP contribution in [0, 0.1) is 0 Å². The Bertz CT molecular complexity index is 950. The van der Waals surface area contributed by atoms with Crippen molar-refractivity contribution >= 4 is 27.7 Å². The molecule has 0 aliphatic carbocycles. The average molecular weight is 425 g/mol. The highest BCUT2D eigenvalue weighted by Gasteiger charge is 2.16. The molecule has 27 heavy (non-hydrogen) atoms. The molecule has 0 atom stereocenters. The molecule has 0 spiro atoms. The summed E-state index contributed by atoms with van der Waals surface area (Å²) in [6, 6.07) is 20.7. The Morgan fingerprint density at radius 2 is 1.56 bits per heavy atom. The first-order chi connectivity index (χ1) is 13.1. The van der Waals surface area contributed by atoms with E-state index in [1.165, 1.54) is 0 Å². The fourth-order valence-corrected chi connectivity index (χ4v) is 2.90. The van der Waals surface area contributed by atoms with Gasteiger partial charge in [0, 0.05) is 15.6 Å². The molecule has 0 radical (unpaired) electrons. The normalized spacial score (nSPS) is 10.3. The van der Waals surface area contributed by atoms with E-state index in [0.29, 0.717) is 34.8 Å². The van der Waals surface area contributed by atoms with Crippen molar-refractivity contribution in [2.45, 2.75) is 6.92 Å². The summed E-state index contributed by atoms with van der Waals surface area (Å²) in [6.45, 7) is 2.29. The van der Waals surface area contributed by atoms with Crippen LogP contribution in [0.3, 0.4) is 0 Å². The van der Waals surface area contributed by atoms with Crippen LogP contribution in [0.5, 0.6) is 11.5 Å². The van der Waals surface area contributed by atoms with Crippen LogP contribution in [0.1, 0.15) is 33.2 Å². The summed E-state index contributed by atoms with van der Waals surface area (Å²) in [5, 5.41) is 0. The quantitative estimate of drug-likeness (QED) is 0.306. The number of ketones is 1. The van der Waals surface area contributed by atoms with E-state index < -0.39 is 5.97 Å². The van der Waals surface area contributed by atoms with E-state index in [2.05, 4.69) is 15.9 Å². The predicted octanol–water partition coefficient (Wildman–Crippen LogP) is 5.30. The Balaban J connectivity index is 1.76. The molecule has 0 saturated heterocycles. The largest absolute Gasteiger partial charge is 0.493 e. The zero-order valence-electron chi connectivity index (χ0n) is 14.6. The molecule has 136 valence electrons. The van der Waals surface area contributed by atoms with E-state index in [1.807, 2.05) is 25.1 Å². The SMILES string of the molecule is CCOc1ccc(Br)cc1C(=O)Oc1ccc(C(=O)c2ccccc2)cc1. The lowest BCUT2D eigenvalue weighted by Gasteiger charge is -2.10. The predicted molar refractivity (Wildman–Crippen MR) is 107 cm³/mol. The standard InChI is InChI=1S/C22H17BrO4/c1-2-26-20-13-10-17(23)14-19(20)22(25)27-18-11-8-16(9-12-18)21(24)15-6-4-3-5-7-15/h3-14H,2H2,1H3. The van der Waals surface area contributed by atoms with Gasteiger partial charge in [-0.15, -0.1) is 0 Å². The number of esters is 1. The van der Waals surface area contributed by atoms with Crippen LogP contribution in [0.2, 0.25) is 0 Å². The molecule has 0 fully saturated rings. The summed E-state index contributed by atoms with van der Waals surface area (Å²) in [5.74, 6) is 0.203. The summed E-state index contributed by atoms with van der Waals surface area (Å²) in [5.41, 5.74) is 1.46. The van der Waals surface area contributed by atoms with E-state index in [1.54, 1.807) is 54.6 Å². The molecular weight excluding hydrogens is 408 g/mol. The van der Waals surface area contributed by atoms with E-state index >= 15 is 0 Å². The van der Waals surface area contributed by atoms with Gasteiger partial charge in [-0.25, -0.2) is 4.79 Å². The number of rotatable bonds is 6. The van der Waals surface area contributed by atoms with Gasteiger partial charge >= 0.3 is 5.97 Å². The van der Waals surface area contributed by atoms with Crippen LogP contribution in [0.25, 0.3) is 0 Å². The molecule has 3 aromatic rings. The number of hydrogen-bond acceptors (Lipinski definition) is 4. The molecule has 5 heteroatoms. The van der Waals surface area contributed by atoms with Gasteiger partial charge in [-0.2, -0.15) is 0 Å². The van der Waals surface area contributed by atoms with E-state index in [0.717, 1.165) is 4.47 Å². The molecule has 0 aromatic heterocycles. The highest BCUT2D eigenvalue weighted by atomic mass is 79.9. The lowest BCUT2D eigenvalue weighted by atomic mass is 10.0. The molecule has 3 rings (SSSR count). The molecule has 3 aromatic carbocycles. The van der Waals surface area contributed by atoms with Crippen LogP contribution >= 0.6 is 15.9 Å². The van der Waals surface area contributed by atoms with Crippen LogP contribution < -0.4 is 9.47 Å². The second-order valence-electron chi connectivity index (χ2n) is 5.68. The molecular formula is C22H17BrO4. The molecule has 0 bridgehead atoms. The van der Waals surface area contributed by atoms with Gasteiger partial charge in [0.05, 0.1) is 6.61 Å². The molecule has 0 aliphatic heterocycles. The third kappa shape index (κ3) is 4.63. The van der Waals surface area contributed by atoms with Gasteiger partial charge in [0.25, 0.3) is 0 Å². The van der Waals surface area contributed by atoms with Crippen LogP contribution in [0.4, 0.5) is 0 Å². The molecule has 0 saturated carbocycles. The van der Waals surface area contributed by atoms with Gasteiger partial charge < -0.3 is 9.47 Å². The first kappa shape index (κ1) is 18.9.